The van der Waals surface area contributed by atoms with E-state index in [1.807, 2.05) is 4.57 Å². The molecule has 0 bridgehead atoms. The van der Waals surface area contributed by atoms with Crippen LogP contribution in [0.1, 0.15) is 24.7 Å². The molecule has 5 N–H and O–H groups in total. The Bertz CT molecular complexity index is 839. The molecule has 0 amide bonds. The molecule has 0 radical (unpaired) electrons. The number of hydrogen-bond acceptors (Lipinski definition) is 5. The Morgan fingerprint density at radius 1 is 1.40 bits per heavy atom. The first-order valence-corrected chi connectivity index (χ1v) is 8.04. The molecular formula is C17H21F2N5O. The summed E-state index contributed by atoms with van der Waals surface area (Å²) in [4.78, 5) is 4.45. The van der Waals surface area contributed by atoms with E-state index < -0.39 is 11.6 Å². The molecule has 25 heavy (non-hydrogen) atoms. The van der Waals surface area contributed by atoms with Crippen molar-refractivity contribution in [3.05, 3.63) is 47.7 Å². The summed E-state index contributed by atoms with van der Waals surface area (Å²) in [5, 5.41) is 2.99. The van der Waals surface area contributed by atoms with Crippen LogP contribution in [0.5, 0.6) is 0 Å². The first kappa shape index (κ1) is 17.2. The fourth-order valence-corrected chi connectivity index (χ4v) is 2.70. The van der Waals surface area contributed by atoms with Crippen molar-refractivity contribution >= 4 is 16.6 Å². The number of imidazole rings is 1. The maximum Gasteiger partial charge on any atom is 0.161 e. The zero-order valence-corrected chi connectivity index (χ0v) is 13.9. The standard InChI is InChI=1S/C17H21F2N5O/c1-25-5-4-22-16(21)6-10(9-20)17-23-14-7-12(18)13(19)8-15(14)24(17)11-2-3-11/h6-9,11,22H,2-5,20-21H2,1H3/b10-9+,16-6+. The second-order valence-corrected chi connectivity index (χ2v) is 5.93. The predicted molar refractivity (Wildman–Crippen MR) is 92.2 cm³/mol. The van der Waals surface area contributed by atoms with Gasteiger partial charge in [-0.2, -0.15) is 0 Å². The van der Waals surface area contributed by atoms with Gasteiger partial charge in [0.1, 0.15) is 5.82 Å². The average molecular weight is 349 g/mol. The van der Waals surface area contributed by atoms with Crippen LogP contribution in [0.3, 0.4) is 0 Å². The number of methoxy groups -OCH3 is 1. The van der Waals surface area contributed by atoms with Crippen LogP contribution in [-0.4, -0.2) is 29.8 Å². The van der Waals surface area contributed by atoms with Crippen LogP contribution in [0.25, 0.3) is 16.6 Å². The Hall–Kier alpha value is -2.61. The molecule has 2 aromatic rings. The van der Waals surface area contributed by atoms with Crippen LogP contribution in [0, 0.1) is 11.6 Å². The first-order valence-electron chi connectivity index (χ1n) is 8.04. The van der Waals surface area contributed by atoms with Gasteiger partial charge in [0.05, 0.1) is 23.5 Å². The van der Waals surface area contributed by atoms with Crippen molar-refractivity contribution in [1.82, 2.24) is 14.9 Å². The monoisotopic (exact) mass is 349 g/mol. The molecule has 0 saturated heterocycles. The highest BCUT2D eigenvalue weighted by atomic mass is 19.2. The fourth-order valence-electron chi connectivity index (χ4n) is 2.70. The van der Waals surface area contributed by atoms with Crippen molar-refractivity contribution in [2.45, 2.75) is 18.9 Å². The minimum atomic E-state index is -0.922. The third kappa shape index (κ3) is 3.58. The second kappa shape index (κ2) is 7.10. The van der Waals surface area contributed by atoms with Crippen LogP contribution in [0.15, 0.2) is 30.2 Å². The van der Waals surface area contributed by atoms with Crippen molar-refractivity contribution in [3.8, 4) is 0 Å². The Morgan fingerprint density at radius 3 is 2.76 bits per heavy atom. The normalized spacial score (nSPS) is 15.8. The van der Waals surface area contributed by atoms with Crippen LogP contribution < -0.4 is 16.8 Å². The molecule has 0 spiro atoms. The summed E-state index contributed by atoms with van der Waals surface area (Å²) in [5.41, 5.74) is 13.2. The van der Waals surface area contributed by atoms with Gasteiger partial charge in [-0.15, -0.1) is 0 Å². The fraction of sp³-hybridized carbons (Fsp3) is 0.353. The molecule has 3 rings (SSSR count). The van der Waals surface area contributed by atoms with E-state index in [-0.39, 0.29) is 6.04 Å². The SMILES string of the molecule is COCCN/C(N)=C/C(=C\N)c1nc2cc(F)c(F)cc2n1C1CC1. The zero-order chi connectivity index (χ0) is 18.0. The van der Waals surface area contributed by atoms with Crippen LogP contribution in [0.2, 0.25) is 0 Å². The molecule has 1 saturated carbocycles. The highest BCUT2D eigenvalue weighted by Gasteiger charge is 2.29. The number of nitrogens with two attached hydrogens (primary N) is 2. The number of nitrogens with one attached hydrogen (secondary N) is 1. The van der Waals surface area contributed by atoms with Gasteiger partial charge in [-0.1, -0.05) is 0 Å². The summed E-state index contributed by atoms with van der Waals surface area (Å²) in [7, 11) is 1.60. The topological polar surface area (TPSA) is 91.1 Å². The lowest BCUT2D eigenvalue weighted by Gasteiger charge is -2.10. The first-order chi connectivity index (χ1) is 12.0. The summed E-state index contributed by atoms with van der Waals surface area (Å²) in [6, 6.07) is 2.48. The summed E-state index contributed by atoms with van der Waals surface area (Å²) >= 11 is 0. The van der Waals surface area contributed by atoms with E-state index >= 15 is 0 Å². The van der Waals surface area contributed by atoms with Crippen molar-refractivity contribution in [3.63, 3.8) is 0 Å². The van der Waals surface area contributed by atoms with E-state index in [2.05, 4.69) is 10.3 Å². The largest absolute Gasteiger partial charge is 0.404 e. The van der Waals surface area contributed by atoms with Gasteiger partial charge in [-0.3, -0.25) is 0 Å². The van der Waals surface area contributed by atoms with Crippen LogP contribution in [0.4, 0.5) is 8.78 Å². The minimum Gasteiger partial charge on any atom is -0.404 e. The highest BCUT2D eigenvalue weighted by molar-refractivity contribution is 5.82. The summed E-state index contributed by atoms with van der Waals surface area (Å²) < 4.78 is 34.1. The third-order valence-electron chi connectivity index (χ3n) is 4.03. The van der Waals surface area contributed by atoms with Crippen molar-refractivity contribution in [2.75, 3.05) is 20.3 Å². The number of halogens is 2. The molecule has 0 unspecified atom stereocenters. The second-order valence-electron chi connectivity index (χ2n) is 5.93. The lowest BCUT2D eigenvalue weighted by molar-refractivity contribution is 0.202. The van der Waals surface area contributed by atoms with Gasteiger partial charge in [0.25, 0.3) is 0 Å². The number of nitrogens with zero attached hydrogens (tertiary/aromatic N) is 2. The maximum atomic E-state index is 13.7. The van der Waals surface area contributed by atoms with Gasteiger partial charge < -0.3 is 26.1 Å². The van der Waals surface area contributed by atoms with Gasteiger partial charge in [0, 0.05) is 43.6 Å². The molecular weight excluding hydrogens is 328 g/mol. The molecule has 1 aromatic heterocycles. The van der Waals surface area contributed by atoms with E-state index in [0.717, 1.165) is 18.9 Å². The number of aromatic nitrogens is 2. The molecule has 6 nitrogen and oxygen atoms in total. The van der Waals surface area contributed by atoms with Gasteiger partial charge in [-0.25, -0.2) is 13.8 Å². The number of hydrogen-bond donors (Lipinski definition) is 3. The molecule has 1 aliphatic rings. The van der Waals surface area contributed by atoms with Crippen LogP contribution >= 0.6 is 0 Å². The summed E-state index contributed by atoms with van der Waals surface area (Å²) in [5.74, 6) is -0.869. The average Bonchev–Trinajstić information content (AvgIpc) is 3.36. The Balaban J connectivity index is 2.01. The Labute approximate surface area is 144 Å². The molecule has 8 heteroatoms. The molecule has 1 fully saturated rings. The molecule has 1 heterocycles. The molecule has 0 aliphatic heterocycles. The Kier molecular flexibility index (Phi) is 4.89. The van der Waals surface area contributed by atoms with Crippen molar-refractivity contribution in [1.29, 1.82) is 0 Å². The highest BCUT2D eigenvalue weighted by Crippen LogP contribution is 2.40. The molecule has 134 valence electrons. The van der Waals surface area contributed by atoms with Crippen LogP contribution in [-0.2, 0) is 4.74 Å². The lowest BCUT2D eigenvalue weighted by atomic mass is 10.2. The van der Waals surface area contributed by atoms with E-state index in [1.54, 1.807) is 13.2 Å². The number of ether oxygens (including phenoxy) is 1. The van der Waals surface area contributed by atoms with Crippen molar-refractivity contribution < 1.29 is 13.5 Å². The molecule has 1 aromatic carbocycles. The van der Waals surface area contributed by atoms with E-state index in [1.165, 1.54) is 12.3 Å². The quantitative estimate of drug-likeness (QED) is 0.525. The molecule has 0 atom stereocenters. The summed E-state index contributed by atoms with van der Waals surface area (Å²) in [6.45, 7) is 1.06. The zero-order valence-electron chi connectivity index (χ0n) is 13.9. The smallest absolute Gasteiger partial charge is 0.161 e. The van der Waals surface area contributed by atoms with Crippen molar-refractivity contribution in [2.24, 2.45) is 11.5 Å². The number of benzene rings is 1. The third-order valence-corrected chi connectivity index (χ3v) is 4.03. The van der Waals surface area contributed by atoms with E-state index in [9.17, 15) is 8.78 Å². The van der Waals surface area contributed by atoms with Gasteiger partial charge in [0.2, 0.25) is 0 Å². The minimum absolute atomic E-state index is 0.205. The predicted octanol–water partition coefficient (Wildman–Crippen LogP) is 1.99. The van der Waals surface area contributed by atoms with Gasteiger partial charge in [0.15, 0.2) is 11.6 Å². The number of allylic oxidation sites excluding steroid dienone is 2. The van der Waals surface area contributed by atoms with Gasteiger partial charge in [-0.05, 0) is 18.9 Å². The van der Waals surface area contributed by atoms with E-state index in [0.29, 0.717) is 41.4 Å². The lowest BCUT2D eigenvalue weighted by Crippen LogP contribution is -2.24. The maximum absolute atomic E-state index is 13.7. The number of rotatable bonds is 7. The molecule has 1 aliphatic carbocycles. The summed E-state index contributed by atoms with van der Waals surface area (Å²) in [6.07, 6.45) is 4.96. The van der Waals surface area contributed by atoms with E-state index in [4.69, 9.17) is 16.2 Å². The Morgan fingerprint density at radius 2 is 2.12 bits per heavy atom. The number of fused-ring (bicyclic) bond motifs is 1. The van der Waals surface area contributed by atoms with Gasteiger partial charge >= 0.3 is 0 Å².